The third kappa shape index (κ3) is 5.03. The van der Waals surface area contributed by atoms with Gasteiger partial charge in [0, 0.05) is 37.7 Å². The highest BCUT2D eigenvalue weighted by Crippen LogP contribution is 2.31. The van der Waals surface area contributed by atoms with Crippen molar-refractivity contribution in [3.8, 4) is 0 Å². The molecule has 5 rings (SSSR count). The summed E-state index contributed by atoms with van der Waals surface area (Å²) in [5, 5.41) is 17.9. The average molecular weight is 458 g/mol. The van der Waals surface area contributed by atoms with Crippen LogP contribution in [0.5, 0.6) is 0 Å². The summed E-state index contributed by atoms with van der Waals surface area (Å²) in [6, 6.07) is 14.1. The molecular formula is C27H31N5O2. The molecule has 0 spiro atoms. The van der Waals surface area contributed by atoms with Crippen molar-refractivity contribution in [1.82, 2.24) is 25.0 Å². The summed E-state index contributed by atoms with van der Waals surface area (Å²) >= 11 is 0. The number of hydrogen-bond donors (Lipinski definition) is 2. The lowest BCUT2D eigenvalue weighted by Gasteiger charge is -2.20. The van der Waals surface area contributed by atoms with Gasteiger partial charge in [0.05, 0.1) is 11.9 Å². The van der Waals surface area contributed by atoms with Crippen LogP contribution in [0.1, 0.15) is 72.7 Å². The van der Waals surface area contributed by atoms with Crippen LogP contribution < -0.4 is 0 Å². The number of nitrogens with one attached hydrogen (secondary N) is 1. The molecule has 0 bridgehead atoms. The number of aromatic nitrogens is 5. The zero-order chi connectivity index (χ0) is 23.5. The minimum absolute atomic E-state index is 0.0187. The van der Waals surface area contributed by atoms with E-state index in [0.29, 0.717) is 0 Å². The number of hydrogen-bond acceptors (Lipinski definition) is 4. The highest BCUT2D eigenvalue weighted by Gasteiger charge is 2.20. The smallest absolute Gasteiger partial charge is 0.304 e. The fourth-order valence-electron chi connectivity index (χ4n) is 5.28. The van der Waals surface area contributed by atoms with Crippen molar-refractivity contribution in [3.05, 3.63) is 76.9 Å². The molecule has 34 heavy (non-hydrogen) atoms. The van der Waals surface area contributed by atoms with Crippen molar-refractivity contribution in [3.63, 3.8) is 0 Å². The van der Waals surface area contributed by atoms with Gasteiger partial charge in [-0.2, -0.15) is 0 Å². The second kappa shape index (κ2) is 9.79. The Balaban J connectivity index is 1.36. The van der Waals surface area contributed by atoms with Gasteiger partial charge in [-0.15, -0.1) is 5.10 Å². The first-order valence-electron chi connectivity index (χ1n) is 12.2. The van der Waals surface area contributed by atoms with Crippen LogP contribution in [-0.4, -0.2) is 36.0 Å². The number of imidazole rings is 1. The second-order valence-corrected chi connectivity index (χ2v) is 9.60. The summed E-state index contributed by atoms with van der Waals surface area (Å²) in [5.41, 5.74) is 5.86. The Morgan fingerprint density at radius 3 is 2.79 bits per heavy atom. The molecule has 2 N–H and O–H groups in total. The zero-order valence-electron chi connectivity index (χ0n) is 19.6. The first kappa shape index (κ1) is 22.3. The normalized spacial score (nSPS) is 15.6. The molecular weight excluding hydrogens is 426 g/mol. The summed E-state index contributed by atoms with van der Waals surface area (Å²) in [7, 11) is 1.85. The first-order chi connectivity index (χ1) is 16.5. The maximum absolute atomic E-state index is 11.7. The predicted molar refractivity (Wildman–Crippen MR) is 131 cm³/mol. The molecule has 1 aliphatic carbocycles. The van der Waals surface area contributed by atoms with Gasteiger partial charge in [-0.05, 0) is 34.7 Å². The number of nitrogens with zero attached hydrogens (tertiary/aromatic N) is 4. The Kier molecular flexibility index (Phi) is 6.43. The van der Waals surface area contributed by atoms with Gasteiger partial charge >= 0.3 is 5.97 Å². The Bertz CT molecular complexity index is 1290. The Hall–Kier alpha value is -3.48. The molecule has 7 nitrogen and oxygen atoms in total. The van der Waals surface area contributed by atoms with Crippen molar-refractivity contribution in [2.75, 3.05) is 0 Å². The summed E-state index contributed by atoms with van der Waals surface area (Å²) in [6.07, 6.45) is 10.4. The molecule has 2 aromatic carbocycles. The highest BCUT2D eigenvalue weighted by molar-refractivity contribution is 5.76. The maximum atomic E-state index is 11.7. The van der Waals surface area contributed by atoms with E-state index in [9.17, 15) is 9.90 Å². The summed E-state index contributed by atoms with van der Waals surface area (Å²) in [4.78, 5) is 19.9. The molecule has 7 heteroatoms. The van der Waals surface area contributed by atoms with E-state index in [1.54, 1.807) is 4.68 Å². The lowest BCUT2D eigenvalue weighted by Crippen LogP contribution is -2.10. The maximum Gasteiger partial charge on any atom is 0.304 e. The number of aryl methyl sites for hydroxylation is 1. The summed E-state index contributed by atoms with van der Waals surface area (Å²) < 4.78 is 1.72. The molecule has 1 saturated carbocycles. The van der Waals surface area contributed by atoms with Gasteiger partial charge < -0.3 is 10.1 Å². The fraction of sp³-hybridized carbons (Fsp3) is 0.407. The number of carboxylic acid groups (broad SMARTS) is 1. The van der Waals surface area contributed by atoms with Crippen LogP contribution in [0.25, 0.3) is 11.0 Å². The van der Waals surface area contributed by atoms with Gasteiger partial charge in [-0.3, -0.25) is 4.79 Å². The number of rotatable bonds is 8. The van der Waals surface area contributed by atoms with E-state index < -0.39 is 5.97 Å². The molecule has 1 aliphatic rings. The second-order valence-electron chi connectivity index (χ2n) is 9.60. The van der Waals surface area contributed by atoms with Gasteiger partial charge in [0.1, 0.15) is 11.3 Å². The molecule has 0 saturated heterocycles. The monoisotopic (exact) mass is 457 g/mol. The number of carboxylic acids is 1. The fourth-order valence-corrected chi connectivity index (χ4v) is 5.28. The van der Waals surface area contributed by atoms with Crippen molar-refractivity contribution in [2.45, 2.75) is 57.3 Å². The van der Waals surface area contributed by atoms with Crippen LogP contribution in [0, 0.1) is 5.92 Å². The van der Waals surface area contributed by atoms with E-state index in [0.717, 1.165) is 58.0 Å². The first-order valence-corrected chi connectivity index (χ1v) is 12.2. The third-order valence-electron chi connectivity index (χ3n) is 7.05. The van der Waals surface area contributed by atoms with Crippen LogP contribution in [0.2, 0.25) is 0 Å². The number of H-pyrrole nitrogens is 1. The Morgan fingerprint density at radius 2 is 1.97 bits per heavy atom. The lowest BCUT2D eigenvalue weighted by atomic mass is 9.87. The van der Waals surface area contributed by atoms with Crippen molar-refractivity contribution in [2.24, 2.45) is 13.0 Å². The Morgan fingerprint density at radius 1 is 1.15 bits per heavy atom. The molecule has 1 fully saturated rings. The molecule has 0 aliphatic heterocycles. The van der Waals surface area contributed by atoms with Crippen LogP contribution >= 0.6 is 0 Å². The molecule has 1 atom stereocenters. The number of aliphatic carboxylic acids is 1. The van der Waals surface area contributed by atoms with E-state index >= 15 is 0 Å². The highest BCUT2D eigenvalue weighted by atomic mass is 16.4. The van der Waals surface area contributed by atoms with Crippen LogP contribution in [0.4, 0.5) is 0 Å². The van der Waals surface area contributed by atoms with Gasteiger partial charge in [-0.25, -0.2) is 9.67 Å². The predicted octanol–water partition coefficient (Wildman–Crippen LogP) is 5.01. The third-order valence-corrected chi connectivity index (χ3v) is 7.05. The molecule has 1 unspecified atom stereocenters. The summed E-state index contributed by atoms with van der Waals surface area (Å²) in [5.74, 6) is 0.752. The van der Waals surface area contributed by atoms with E-state index in [2.05, 4.69) is 32.4 Å². The topological polar surface area (TPSA) is 96.7 Å². The zero-order valence-corrected chi connectivity index (χ0v) is 19.6. The minimum atomic E-state index is -0.824. The summed E-state index contributed by atoms with van der Waals surface area (Å²) in [6.45, 7) is 0. The molecule has 176 valence electrons. The number of aromatic amines is 1. The van der Waals surface area contributed by atoms with Crippen molar-refractivity contribution < 1.29 is 9.90 Å². The van der Waals surface area contributed by atoms with Gasteiger partial charge in [0.2, 0.25) is 0 Å². The number of benzene rings is 2. The van der Waals surface area contributed by atoms with E-state index in [1.807, 2.05) is 43.6 Å². The molecule has 0 amide bonds. The quantitative estimate of drug-likeness (QED) is 0.388. The van der Waals surface area contributed by atoms with Gasteiger partial charge in [0.15, 0.2) is 0 Å². The van der Waals surface area contributed by atoms with E-state index in [1.165, 1.54) is 32.1 Å². The lowest BCUT2D eigenvalue weighted by molar-refractivity contribution is -0.137. The minimum Gasteiger partial charge on any atom is -0.481 e. The van der Waals surface area contributed by atoms with Crippen molar-refractivity contribution >= 4 is 17.0 Å². The molecule has 0 radical (unpaired) electrons. The molecule has 2 heterocycles. The SMILES string of the molecule is Cn1nnc2cc(C(CC(=O)O)c3cccc(Cc4cnc(CC5CCCCC5)[nH]4)c3)ccc21. The molecule has 2 aromatic heterocycles. The van der Waals surface area contributed by atoms with E-state index in [4.69, 9.17) is 0 Å². The standard InChI is InChI=1S/C27H31N5O2/c1-32-25-11-10-21(15-24(25)30-31-32)23(16-27(33)34)20-9-5-8-19(12-20)13-22-17-28-26(29-22)14-18-6-3-2-4-7-18/h5,8-12,15,17-18,23H,2-4,6-7,13-14,16H2,1H3,(H,28,29)(H,33,34). The van der Waals surface area contributed by atoms with Crippen LogP contribution in [0.15, 0.2) is 48.7 Å². The Labute approximate surface area is 199 Å². The largest absolute Gasteiger partial charge is 0.481 e. The van der Waals surface area contributed by atoms with Crippen LogP contribution in [0.3, 0.4) is 0 Å². The van der Waals surface area contributed by atoms with E-state index in [-0.39, 0.29) is 12.3 Å². The number of carbonyl (C=O) groups is 1. The van der Waals surface area contributed by atoms with Crippen LogP contribution in [-0.2, 0) is 24.7 Å². The molecule has 4 aromatic rings. The van der Waals surface area contributed by atoms with Crippen molar-refractivity contribution in [1.29, 1.82) is 0 Å². The number of fused-ring (bicyclic) bond motifs is 1. The van der Waals surface area contributed by atoms with Gasteiger partial charge in [-0.1, -0.05) is 67.6 Å². The van der Waals surface area contributed by atoms with Gasteiger partial charge in [0.25, 0.3) is 0 Å². The average Bonchev–Trinajstić information content (AvgIpc) is 3.44.